The molecule has 0 N–H and O–H groups in total. The molecule has 1 aromatic rings. The molecule has 0 amide bonds. The van der Waals surface area contributed by atoms with Crippen molar-refractivity contribution in [2.24, 2.45) is 5.92 Å². The summed E-state index contributed by atoms with van der Waals surface area (Å²) in [6, 6.07) is 10.5. The van der Waals surface area contributed by atoms with Crippen molar-refractivity contribution in [1.82, 2.24) is 0 Å². The van der Waals surface area contributed by atoms with Gasteiger partial charge in [0.15, 0.2) is 0 Å². The molecule has 0 spiro atoms. The Balaban J connectivity index is 2.42. The van der Waals surface area contributed by atoms with Gasteiger partial charge in [-0.15, -0.1) is 6.58 Å². The molecule has 74 valence electrons. The maximum absolute atomic E-state index is 4.07. The zero-order chi connectivity index (χ0) is 10.4. The third kappa shape index (κ3) is 3.21. The van der Waals surface area contributed by atoms with Crippen LogP contribution in [0.25, 0.3) is 0 Å². The standard InChI is InChI=1S/C14H18/c1-4-12(2)13(3)10-11-14-8-6-5-7-9-14/h4-9,12H,1,3,10-11H2,2H3. The Kier molecular flexibility index (Phi) is 4.18. The van der Waals surface area contributed by atoms with Gasteiger partial charge in [0.1, 0.15) is 0 Å². The van der Waals surface area contributed by atoms with Crippen molar-refractivity contribution in [3.63, 3.8) is 0 Å². The van der Waals surface area contributed by atoms with E-state index in [0.29, 0.717) is 5.92 Å². The van der Waals surface area contributed by atoms with Crippen molar-refractivity contribution in [1.29, 1.82) is 0 Å². The third-order valence-corrected chi connectivity index (χ3v) is 2.58. The fourth-order valence-corrected chi connectivity index (χ4v) is 1.34. The summed E-state index contributed by atoms with van der Waals surface area (Å²) in [6.45, 7) is 9.98. The van der Waals surface area contributed by atoms with E-state index in [1.807, 2.05) is 12.1 Å². The van der Waals surface area contributed by atoms with Gasteiger partial charge in [0.2, 0.25) is 0 Å². The van der Waals surface area contributed by atoms with Gasteiger partial charge in [0.05, 0.1) is 0 Å². The SMILES string of the molecule is C=CC(C)C(=C)CCc1ccccc1. The summed E-state index contributed by atoms with van der Waals surface area (Å²) in [7, 11) is 0. The first-order valence-corrected chi connectivity index (χ1v) is 5.08. The molecule has 1 rings (SSSR count). The second kappa shape index (κ2) is 5.43. The maximum atomic E-state index is 4.07. The van der Waals surface area contributed by atoms with E-state index in [4.69, 9.17) is 0 Å². The van der Waals surface area contributed by atoms with Gasteiger partial charge in [-0.05, 0) is 24.3 Å². The topological polar surface area (TPSA) is 0 Å². The monoisotopic (exact) mass is 186 g/mol. The van der Waals surface area contributed by atoms with E-state index in [0.717, 1.165) is 12.8 Å². The van der Waals surface area contributed by atoms with Crippen molar-refractivity contribution in [3.05, 3.63) is 60.7 Å². The van der Waals surface area contributed by atoms with Crippen LogP contribution < -0.4 is 0 Å². The van der Waals surface area contributed by atoms with Crippen molar-refractivity contribution in [2.75, 3.05) is 0 Å². The van der Waals surface area contributed by atoms with E-state index in [1.54, 1.807) is 0 Å². The molecule has 0 aliphatic heterocycles. The lowest BCUT2D eigenvalue weighted by Crippen LogP contribution is -1.96. The molecule has 0 heterocycles. The summed E-state index contributed by atoms with van der Waals surface area (Å²) in [4.78, 5) is 0. The van der Waals surface area contributed by atoms with E-state index in [9.17, 15) is 0 Å². The van der Waals surface area contributed by atoms with Gasteiger partial charge < -0.3 is 0 Å². The Morgan fingerprint density at radius 2 is 2.00 bits per heavy atom. The van der Waals surface area contributed by atoms with E-state index in [1.165, 1.54) is 11.1 Å². The number of allylic oxidation sites excluding steroid dienone is 2. The van der Waals surface area contributed by atoms with Crippen LogP contribution in [-0.2, 0) is 6.42 Å². The molecular formula is C14H18. The Morgan fingerprint density at radius 1 is 1.36 bits per heavy atom. The first-order valence-electron chi connectivity index (χ1n) is 5.08. The van der Waals surface area contributed by atoms with Crippen LogP contribution in [0.2, 0.25) is 0 Å². The van der Waals surface area contributed by atoms with Crippen LogP contribution in [0.4, 0.5) is 0 Å². The fraction of sp³-hybridized carbons (Fsp3) is 0.286. The lowest BCUT2D eigenvalue weighted by molar-refractivity contribution is 0.779. The Labute approximate surface area is 87.0 Å². The fourth-order valence-electron chi connectivity index (χ4n) is 1.34. The van der Waals surface area contributed by atoms with Crippen molar-refractivity contribution < 1.29 is 0 Å². The highest BCUT2D eigenvalue weighted by Crippen LogP contribution is 2.15. The average molecular weight is 186 g/mol. The first-order chi connectivity index (χ1) is 6.74. The number of hydrogen-bond acceptors (Lipinski definition) is 0. The molecule has 0 aliphatic rings. The smallest absolute Gasteiger partial charge is 0.00569 e. The quantitative estimate of drug-likeness (QED) is 0.610. The van der Waals surface area contributed by atoms with Gasteiger partial charge in [0, 0.05) is 0 Å². The molecule has 0 fully saturated rings. The largest absolute Gasteiger partial charge is 0.102 e. The highest BCUT2D eigenvalue weighted by Gasteiger charge is 2.01. The number of aryl methyl sites for hydroxylation is 1. The van der Waals surface area contributed by atoms with Gasteiger partial charge in [-0.1, -0.05) is 55.5 Å². The van der Waals surface area contributed by atoms with Gasteiger partial charge in [-0.3, -0.25) is 0 Å². The zero-order valence-electron chi connectivity index (χ0n) is 8.87. The second-order valence-corrected chi connectivity index (χ2v) is 3.67. The summed E-state index contributed by atoms with van der Waals surface area (Å²) in [5.41, 5.74) is 2.65. The predicted molar refractivity (Wildman–Crippen MR) is 63.3 cm³/mol. The van der Waals surface area contributed by atoms with Crippen LogP contribution in [0.5, 0.6) is 0 Å². The van der Waals surface area contributed by atoms with E-state index < -0.39 is 0 Å². The average Bonchev–Trinajstić information content (AvgIpc) is 2.26. The molecule has 0 nitrogen and oxygen atoms in total. The molecule has 14 heavy (non-hydrogen) atoms. The lowest BCUT2D eigenvalue weighted by Gasteiger charge is -2.09. The normalized spacial score (nSPS) is 12.1. The summed E-state index contributed by atoms with van der Waals surface area (Å²) < 4.78 is 0. The van der Waals surface area contributed by atoms with Crippen LogP contribution in [0.1, 0.15) is 18.9 Å². The Morgan fingerprint density at radius 3 is 2.57 bits per heavy atom. The molecule has 0 aliphatic carbocycles. The van der Waals surface area contributed by atoms with Crippen LogP contribution in [-0.4, -0.2) is 0 Å². The molecular weight excluding hydrogens is 168 g/mol. The molecule has 0 bridgehead atoms. The predicted octanol–water partition coefficient (Wildman–Crippen LogP) is 4.00. The molecule has 0 aromatic heterocycles. The molecule has 0 radical (unpaired) electrons. The Bertz CT molecular complexity index is 295. The maximum Gasteiger partial charge on any atom is -0.00569 e. The van der Waals surface area contributed by atoms with E-state index >= 15 is 0 Å². The molecule has 0 heteroatoms. The highest BCUT2D eigenvalue weighted by molar-refractivity contribution is 5.17. The highest BCUT2D eigenvalue weighted by atomic mass is 14.1. The molecule has 0 saturated carbocycles. The number of benzene rings is 1. The van der Waals surface area contributed by atoms with Gasteiger partial charge >= 0.3 is 0 Å². The van der Waals surface area contributed by atoms with Crippen LogP contribution >= 0.6 is 0 Å². The van der Waals surface area contributed by atoms with Gasteiger partial charge in [0.25, 0.3) is 0 Å². The minimum Gasteiger partial charge on any atom is -0.102 e. The van der Waals surface area contributed by atoms with Gasteiger partial charge in [-0.25, -0.2) is 0 Å². The molecule has 1 unspecified atom stereocenters. The molecule has 0 saturated heterocycles. The van der Waals surface area contributed by atoms with Crippen molar-refractivity contribution in [3.8, 4) is 0 Å². The second-order valence-electron chi connectivity index (χ2n) is 3.67. The van der Waals surface area contributed by atoms with Crippen LogP contribution in [0, 0.1) is 5.92 Å². The van der Waals surface area contributed by atoms with Gasteiger partial charge in [-0.2, -0.15) is 0 Å². The molecule has 1 atom stereocenters. The van der Waals surface area contributed by atoms with Crippen molar-refractivity contribution >= 4 is 0 Å². The Hall–Kier alpha value is -1.30. The van der Waals surface area contributed by atoms with E-state index in [2.05, 4.69) is 44.3 Å². The van der Waals surface area contributed by atoms with Crippen LogP contribution in [0.3, 0.4) is 0 Å². The minimum absolute atomic E-state index is 0.429. The third-order valence-electron chi connectivity index (χ3n) is 2.58. The first kappa shape index (κ1) is 10.8. The zero-order valence-corrected chi connectivity index (χ0v) is 8.87. The summed E-state index contributed by atoms with van der Waals surface area (Å²) in [6.07, 6.45) is 4.09. The summed E-state index contributed by atoms with van der Waals surface area (Å²) in [5, 5.41) is 0. The summed E-state index contributed by atoms with van der Waals surface area (Å²) >= 11 is 0. The summed E-state index contributed by atoms with van der Waals surface area (Å²) in [5.74, 6) is 0.429. The van der Waals surface area contributed by atoms with E-state index in [-0.39, 0.29) is 0 Å². The molecule has 1 aromatic carbocycles. The lowest BCUT2D eigenvalue weighted by atomic mass is 9.96. The van der Waals surface area contributed by atoms with Crippen LogP contribution in [0.15, 0.2) is 55.1 Å². The number of hydrogen-bond donors (Lipinski definition) is 0. The number of rotatable bonds is 5. The van der Waals surface area contributed by atoms with Crippen molar-refractivity contribution in [2.45, 2.75) is 19.8 Å². The minimum atomic E-state index is 0.429.